The molecule has 0 aliphatic heterocycles. The lowest BCUT2D eigenvalue weighted by atomic mass is 9.85. The van der Waals surface area contributed by atoms with Gasteiger partial charge in [0.2, 0.25) is 17.8 Å². The van der Waals surface area contributed by atoms with Gasteiger partial charge >= 0.3 is 0 Å². The first-order chi connectivity index (χ1) is 18.8. The first kappa shape index (κ1) is 27.1. The maximum atomic E-state index is 14.5. The van der Waals surface area contributed by atoms with Gasteiger partial charge in [0.1, 0.15) is 17.0 Å². The predicted octanol–water partition coefficient (Wildman–Crippen LogP) is 3.51. The molecule has 0 spiro atoms. The van der Waals surface area contributed by atoms with Crippen LogP contribution in [0.3, 0.4) is 0 Å². The SMILES string of the molecule is NCCNC(=O)[C@H]1CC[C@@H](n2c(Nc3c(F)cc(F)cc3F)nc3cnc(N[C@H]4CC[C@H](O)CC4)nc32)CC1. The Balaban J connectivity index is 1.45. The second-order valence-corrected chi connectivity index (χ2v) is 10.3. The lowest BCUT2D eigenvalue weighted by molar-refractivity contribution is -0.126. The zero-order valence-corrected chi connectivity index (χ0v) is 21.5. The standard InChI is InChI=1S/C26H33F3N8O2/c27-15-11-19(28)22(20(29)12-15)35-26-34-21-13-32-25(33-16-3-7-18(38)8-4-16)36-23(21)37(26)17-5-1-14(2-6-17)24(39)31-10-9-30/h11-14,16-18,38H,1-10,30H2,(H,31,39)(H,34,35)(H,32,33,36)/t14-,16-,17+,18-. The van der Waals surface area contributed by atoms with Crippen LogP contribution in [0.1, 0.15) is 57.4 Å². The molecule has 39 heavy (non-hydrogen) atoms. The van der Waals surface area contributed by atoms with Crippen LogP contribution in [0, 0.1) is 23.4 Å². The number of aliphatic hydroxyl groups excluding tert-OH is 1. The minimum Gasteiger partial charge on any atom is -0.393 e. The molecule has 2 heterocycles. The topological polar surface area (TPSA) is 143 Å². The number of amides is 1. The number of benzene rings is 1. The van der Waals surface area contributed by atoms with Crippen molar-refractivity contribution in [1.29, 1.82) is 0 Å². The molecule has 1 aromatic carbocycles. The Bertz CT molecular complexity index is 1300. The number of aliphatic hydroxyl groups is 1. The molecule has 2 aliphatic rings. The molecule has 5 rings (SSSR count). The number of anilines is 3. The van der Waals surface area contributed by atoms with E-state index in [2.05, 4.69) is 25.9 Å². The molecule has 0 bridgehead atoms. The largest absolute Gasteiger partial charge is 0.393 e. The fourth-order valence-electron chi connectivity index (χ4n) is 5.51. The first-order valence-corrected chi connectivity index (χ1v) is 13.4. The highest BCUT2D eigenvalue weighted by Crippen LogP contribution is 2.38. The Kier molecular flexibility index (Phi) is 8.17. The number of hydrogen-bond acceptors (Lipinski definition) is 8. The summed E-state index contributed by atoms with van der Waals surface area (Å²) < 4.78 is 44.4. The molecule has 0 atom stereocenters. The summed E-state index contributed by atoms with van der Waals surface area (Å²) in [6, 6.07) is 1.17. The summed E-state index contributed by atoms with van der Waals surface area (Å²) >= 11 is 0. The van der Waals surface area contributed by atoms with E-state index >= 15 is 0 Å². The molecular formula is C26H33F3N8O2. The molecule has 3 aromatic rings. The molecule has 2 aromatic heterocycles. The zero-order valence-electron chi connectivity index (χ0n) is 21.5. The number of halogens is 3. The Morgan fingerprint density at radius 3 is 2.38 bits per heavy atom. The smallest absolute Gasteiger partial charge is 0.224 e. The normalized spacial score (nSPS) is 23.5. The lowest BCUT2D eigenvalue weighted by Crippen LogP contribution is -2.36. The van der Waals surface area contributed by atoms with Crippen molar-refractivity contribution in [3.8, 4) is 0 Å². The fourth-order valence-corrected chi connectivity index (χ4v) is 5.51. The highest BCUT2D eigenvalue weighted by atomic mass is 19.1. The average molecular weight is 547 g/mol. The highest BCUT2D eigenvalue weighted by molar-refractivity contribution is 5.79. The van der Waals surface area contributed by atoms with Gasteiger partial charge in [0.15, 0.2) is 17.3 Å². The van der Waals surface area contributed by atoms with Gasteiger partial charge in [-0.2, -0.15) is 4.98 Å². The van der Waals surface area contributed by atoms with Gasteiger partial charge in [0.05, 0.1) is 12.3 Å². The Hall–Kier alpha value is -3.45. The molecule has 2 aliphatic carbocycles. The van der Waals surface area contributed by atoms with E-state index in [1.54, 1.807) is 10.8 Å². The number of nitrogens with zero attached hydrogens (tertiary/aromatic N) is 4. The second kappa shape index (κ2) is 11.7. The molecule has 2 fully saturated rings. The Labute approximate surface area is 223 Å². The minimum atomic E-state index is -1.08. The van der Waals surface area contributed by atoms with Gasteiger partial charge in [-0.15, -0.1) is 0 Å². The number of fused-ring (bicyclic) bond motifs is 1. The summed E-state index contributed by atoms with van der Waals surface area (Å²) in [5.74, 6) is -2.83. The summed E-state index contributed by atoms with van der Waals surface area (Å²) in [4.78, 5) is 26.1. The van der Waals surface area contributed by atoms with Crippen LogP contribution in [0.25, 0.3) is 11.2 Å². The first-order valence-electron chi connectivity index (χ1n) is 13.4. The van der Waals surface area contributed by atoms with Gasteiger partial charge in [-0.3, -0.25) is 9.36 Å². The maximum absolute atomic E-state index is 14.5. The van der Waals surface area contributed by atoms with Gasteiger partial charge in [-0.25, -0.2) is 23.1 Å². The summed E-state index contributed by atoms with van der Waals surface area (Å²) in [7, 11) is 0. The Morgan fingerprint density at radius 1 is 1.03 bits per heavy atom. The van der Waals surface area contributed by atoms with E-state index in [0.29, 0.717) is 80.9 Å². The summed E-state index contributed by atoms with van der Waals surface area (Å²) in [6.07, 6.45) is 6.67. The monoisotopic (exact) mass is 546 g/mol. The zero-order chi connectivity index (χ0) is 27.5. The third-order valence-electron chi connectivity index (χ3n) is 7.58. The number of hydrogen-bond donors (Lipinski definition) is 5. The molecule has 6 N–H and O–H groups in total. The van der Waals surface area contributed by atoms with Gasteiger partial charge in [-0.05, 0) is 51.4 Å². The van der Waals surface area contributed by atoms with Crippen LogP contribution in [0.4, 0.5) is 30.8 Å². The maximum Gasteiger partial charge on any atom is 0.224 e. The van der Waals surface area contributed by atoms with Crippen LogP contribution in [-0.4, -0.2) is 55.8 Å². The molecule has 13 heteroatoms. The molecule has 0 saturated heterocycles. The molecular weight excluding hydrogens is 513 g/mol. The van der Waals surface area contributed by atoms with Crippen molar-refractivity contribution >= 4 is 34.7 Å². The van der Waals surface area contributed by atoms with Crippen LogP contribution in [0.2, 0.25) is 0 Å². The van der Waals surface area contributed by atoms with Crippen LogP contribution in [0.5, 0.6) is 0 Å². The summed E-state index contributed by atoms with van der Waals surface area (Å²) in [5.41, 5.74) is 5.88. The minimum absolute atomic E-state index is 0.0328. The van der Waals surface area contributed by atoms with Crippen molar-refractivity contribution in [2.75, 3.05) is 23.7 Å². The molecule has 0 unspecified atom stereocenters. The third-order valence-corrected chi connectivity index (χ3v) is 7.58. The van der Waals surface area contributed by atoms with E-state index in [-0.39, 0.29) is 36.0 Å². The summed E-state index contributed by atoms with van der Waals surface area (Å²) in [5, 5.41) is 18.7. The van der Waals surface area contributed by atoms with E-state index in [9.17, 15) is 23.1 Å². The number of rotatable bonds is 8. The molecule has 1 amide bonds. The van der Waals surface area contributed by atoms with Crippen molar-refractivity contribution < 1.29 is 23.1 Å². The van der Waals surface area contributed by atoms with Crippen molar-refractivity contribution in [3.63, 3.8) is 0 Å². The van der Waals surface area contributed by atoms with Gasteiger partial charge in [-0.1, -0.05) is 0 Å². The molecule has 10 nitrogen and oxygen atoms in total. The van der Waals surface area contributed by atoms with Crippen molar-refractivity contribution in [2.45, 2.75) is 69.6 Å². The van der Waals surface area contributed by atoms with E-state index < -0.39 is 23.1 Å². The fraction of sp³-hybridized carbons (Fsp3) is 0.538. The van der Waals surface area contributed by atoms with Gasteiger partial charge in [0, 0.05) is 43.2 Å². The lowest BCUT2D eigenvalue weighted by Gasteiger charge is -2.30. The molecule has 0 radical (unpaired) electrons. The number of imidazole rings is 1. The number of carbonyl (C=O) groups is 1. The molecule has 210 valence electrons. The van der Waals surface area contributed by atoms with E-state index in [4.69, 9.17) is 10.7 Å². The van der Waals surface area contributed by atoms with E-state index in [1.807, 2.05) is 0 Å². The van der Waals surface area contributed by atoms with Crippen LogP contribution in [-0.2, 0) is 4.79 Å². The third kappa shape index (κ3) is 6.09. The quantitative estimate of drug-likeness (QED) is 0.289. The van der Waals surface area contributed by atoms with Crippen molar-refractivity contribution in [1.82, 2.24) is 24.8 Å². The number of aromatic nitrogens is 4. The van der Waals surface area contributed by atoms with Crippen LogP contribution in [0.15, 0.2) is 18.3 Å². The Morgan fingerprint density at radius 2 is 1.72 bits per heavy atom. The van der Waals surface area contributed by atoms with Crippen LogP contribution < -0.4 is 21.7 Å². The summed E-state index contributed by atoms with van der Waals surface area (Å²) in [6.45, 7) is 0.783. The highest BCUT2D eigenvalue weighted by Gasteiger charge is 2.31. The van der Waals surface area contributed by atoms with Gasteiger partial charge < -0.3 is 26.8 Å². The predicted molar refractivity (Wildman–Crippen MR) is 140 cm³/mol. The second-order valence-electron chi connectivity index (χ2n) is 10.3. The van der Waals surface area contributed by atoms with E-state index in [0.717, 1.165) is 12.8 Å². The molecule has 2 saturated carbocycles. The van der Waals surface area contributed by atoms with Crippen molar-refractivity contribution in [2.24, 2.45) is 11.7 Å². The van der Waals surface area contributed by atoms with Crippen molar-refractivity contribution in [3.05, 3.63) is 35.8 Å². The average Bonchev–Trinajstić information content (AvgIpc) is 3.28. The number of nitrogens with one attached hydrogen (secondary N) is 3. The van der Waals surface area contributed by atoms with Gasteiger partial charge in [0.25, 0.3) is 0 Å². The number of nitrogens with two attached hydrogens (primary N) is 1. The van der Waals surface area contributed by atoms with Crippen LogP contribution >= 0.6 is 0 Å². The van der Waals surface area contributed by atoms with E-state index in [1.165, 1.54) is 0 Å². The number of carbonyl (C=O) groups excluding carboxylic acids is 1.